The first kappa shape index (κ1) is 16.1. The maximum atomic E-state index is 6.34. The molecule has 2 unspecified atom stereocenters. The maximum Gasteiger partial charge on any atom is 0.0439 e. The topological polar surface area (TPSA) is 12.0 Å². The highest BCUT2D eigenvalue weighted by Crippen LogP contribution is 2.43. The Bertz CT molecular complexity index is 456. The van der Waals surface area contributed by atoms with E-state index in [0.717, 1.165) is 28.9 Å². The zero-order valence-electron chi connectivity index (χ0n) is 12.7. The lowest BCUT2D eigenvalue weighted by molar-refractivity contribution is 0.117. The summed E-state index contributed by atoms with van der Waals surface area (Å²) in [5, 5.41) is 4.98. The number of hydrogen-bond donors (Lipinski definition) is 1. The molecule has 1 N–H and O–H groups in total. The molecule has 1 aliphatic carbocycles. The third kappa shape index (κ3) is 4.13. The van der Waals surface area contributed by atoms with Crippen molar-refractivity contribution in [1.29, 1.82) is 0 Å². The van der Waals surface area contributed by atoms with Crippen LogP contribution >= 0.6 is 23.2 Å². The van der Waals surface area contributed by atoms with Gasteiger partial charge >= 0.3 is 0 Å². The van der Waals surface area contributed by atoms with E-state index in [1.807, 2.05) is 25.2 Å². The van der Waals surface area contributed by atoms with Crippen molar-refractivity contribution in [3.05, 3.63) is 33.8 Å². The number of hydrogen-bond acceptors (Lipinski definition) is 1. The average Bonchev–Trinajstić information content (AvgIpc) is 2.37. The predicted octanol–water partition coefficient (Wildman–Crippen LogP) is 5.20. The van der Waals surface area contributed by atoms with E-state index < -0.39 is 0 Å². The zero-order chi connectivity index (χ0) is 14.8. The molecule has 1 aliphatic rings. The summed E-state index contributed by atoms with van der Waals surface area (Å²) >= 11 is 12.5. The molecule has 1 fully saturated rings. The second kappa shape index (κ2) is 6.68. The summed E-state index contributed by atoms with van der Waals surface area (Å²) in [6, 6.07) is 5.81. The van der Waals surface area contributed by atoms with Crippen molar-refractivity contribution in [2.24, 2.45) is 17.3 Å². The molecule has 20 heavy (non-hydrogen) atoms. The van der Waals surface area contributed by atoms with Crippen molar-refractivity contribution in [3.8, 4) is 0 Å². The molecule has 0 spiro atoms. The molecule has 112 valence electrons. The summed E-state index contributed by atoms with van der Waals surface area (Å²) in [5.41, 5.74) is 1.64. The van der Waals surface area contributed by atoms with Gasteiger partial charge in [0.25, 0.3) is 0 Å². The highest BCUT2D eigenvalue weighted by Gasteiger charge is 2.34. The van der Waals surface area contributed by atoms with Crippen molar-refractivity contribution >= 4 is 23.2 Å². The summed E-state index contributed by atoms with van der Waals surface area (Å²) < 4.78 is 0. The molecule has 1 nitrogen and oxygen atoms in total. The minimum atomic E-state index is 0.444. The van der Waals surface area contributed by atoms with Gasteiger partial charge in [-0.3, -0.25) is 0 Å². The Hall–Kier alpha value is -0.240. The van der Waals surface area contributed by atoms with Crippen LogP contribution in [0.15, 0.2) is 18.2 Å². The summed E-state index contributed by atoms with van der Waals surface area (Å²) in [6.45, 7) is 5.86. The quantitative estimate of drug-likeness (QED) is 0.805. The fourth-order valence-corrected chi connectivity index (χ4v) is 3.93. The van der Waals surface area contributed by atoms with E-state index >= 15 is 0 Å². The first-order chi connectivity index (χ1) is 9.41. The highest BCUT2D eigenvalue weighted by atomic mass is 35.5. The van der Waals surface area contributed by atoms with Crippen LogP contribution < -0.4 is 5.32 Å². The minimum absolute atomic E-state index is 0.444. The molecule has 0 aliphatic heterocycles. The normalized spacial score (nSPS) is 25.6. The number of rotatable bonds is 4. The Morgan fingerprint density at radius 1 is 1.25 bits per heavy atom. The van der Waals surface area contributed by atoms with Gasteiger partial charge in [0, 0.05) is 10.0 Å². The van der Waals surface area contributed by atoms with Gasteiger partial charge in [-0.1, -0.05) is 37.0 Å². The molecule has 1 aromatic carbocycles. The third-order valence-electron chi connectivity index (χ3n) is 4.63. The molecule has 3 heteroatoms. The molecule has 0 aromatic heterocycles. The van der Waals surface area contributed by atoms with Gasteiger partial charge in [-0.25, -0.2) is 0 Å². The Morgan fingerprint density at radius 2 is 2.00 bits per heavy atom. The summed E-state index contributed by atoms with van der Waals surface area (Å²) in [4.78, 5) is 0. The van der Waals surface area contributed by atoms with Gasteiger partial charge in [0.05, 0.1) is 0 Å². The van der Waals surface area contributed by atoms with E-state index in [1.165, 1.54) is 24.8 Å². The molecule has 0 amide bonds. The van der Waals surface area contributed by atoms with Crippen LogP contribution in [0.3, 0.4) is 0 Å². The number of halogens is 2. The Kier molecular flexibility index (Phi) is 5.39. The SMILES string of the molecule is CNCC1CCC(C)(C)CC1Cc1cc(Cl)ccc1Cl. The van der Waals surface area contributed by atoms with Crippen LogP contribution in [0.4, 0.5) is 0 Å². The maximum absolute atomic E-state index is 6.34. The second-order valence-electron chi connectivity index (χ2n) is 6.92. The standard InChI is InChI=1S/C17H25Cl2N/c1-17(2)7-6-12(11-20-3)14(10-17)8-13-9-15(18)4-5-16(13)19/h4-5,9,12,14,20H,6-8,10-11H2,1-3H3. The smallest absolute Gasteiger partial charge is 0.0439 e. The molecule has 0 bridgehead atoms. The number of nitrogens with one attached hydrogen (secondary N) is 1. The van der Waals surface area contributed by atoms with Crippen LogP contribution in [0.5, 0.6) is 0 Å². The van der Waals surface area contributed by atoms with E-state index in [-0.39, 0.29) is 0 Å². The fraction of sp³-hybridized carbons (Fsp3) is 0.647. The molecule has 0 heterocycles. The molecule has 1 saturated carbocycles. The highest BCUT2D eigenvalue weighted by molar-refractivity contribution is 6.33. The van der Waals surface area contributed by atoms with E-state index in [4.69, 9.17) is 23.2 Å². The largest absolute Gasteiger partial charge is 0.319 e. The van der Waals surface area contributed by atoms with Gasteiger partial charge in [-0.05, 0) is 80.3 Å². The summed E-state index contributed by atoms with van der Waals surface area (Å²) in [5.74, 6) is 1.42. The van der Waals surface area contributed by atoms with Crippen molar-refractivity contribution in [3.63, 3.8) is 0 Å². The monoisotopic (exact) mass is 313 g/mol. The summed E-state index contributed by atoms with van der Waals surface area (Å²) in [7, 11) is 2.04. The van der Waals surface area contributed by atoms with Crippen LogP contribution in [0.25, 0.3) is 0 Å². The predicted molar refractivity (Wildman–Crippen MR) is 88.7 cm³/mol. The van der Waals surface area contributed by atoms with Crippen LogP contribution in [0.2, 0.25) is 10.0 Å². The molecular weight excluding hydrogens is 289 g/mol. The Morgan fingerprint density at radius 3 is 2.70 bits per heavy atom. The lowest BCUT2D eigenvalue weighted by Gasteiger charge is -2.41. The van der Waals surface area contributed by atoms with Gasteiger partial charge in [0.1, 0.15) is 0 Å². The van der Waals surface area contributed by atoms with E-state index in [1.54, 1.807) is 0 Å². The van der Waals surface area contributed by atoms with Crippen LogP contribution in [0, 0.1) is 17.3 Å². The van der Waals surface area contributed by atoms with E-state index in [9.17, 15) is 0 Å². The number of benzene rings is 1. The van der Waals surface area contributed by atoms with Crippen molar-refractivity contribution < 1.29 is 0 Å². The average molecular weight is 314 g/mol. The van der Waals surface area contributed by atoms with E-state index in [2.05, 4.69) is 19.2 Å². The Labute approximate surface area is 133 Å². The molecule has 2 atom stereocenters. The zero-order valence-corrected chi connectivity index (χ0v) is 14.2. The summed E-state index contributed by atoms with van der Waals surface area (Å²) in [6.07, 6.45) is 4.92. The van der Waals surface area contributed by atoms with E-state index in [0.29, 0.717) is 11.3 Å². The fourth-order valence-electron chi connectivity index (χ4n) is 3.54. The third-order valence-corrected chi connectivity index (χ3v) is 5.23. The second-order valence-corrected chi connectivity index (χ2v) is 7.77. The van der Waals surface area contributed by atoms with Crippen LogP contribution in [-0.4, -0.2) is 13.6 Å². The first-order valence-corrected chi connectivity index (χ1v) is 8.25. The van der Waals surface area contributed by atoms with Crippen molar-refractivity contribution in [2.45, 2.75) is 39.5 Å². The molecule has 2 rings (SSSR count). The van der Waals surface area contributed by atoms with Gasteiger partial charge in [0.15, 0.2) is 0 Å². The van der Waals surface area contributed by atoms with Crippen molar-refractivity contribution in [1.82, 2.24) is 5.32 Å². The minimum Gasteiger partial charge on any atom is -0.319 e. The lowest BCUT2D eigenvalue weighted by atomic mass is 9.65. The first-order valence-electron chi connectivity index (χ1n) is 7.50. The van der Waals surface area contributed by atoms with Gasteiger partial charge < -0.3 is 5.32 Å². The lowest BCUT2D eigenvalue weighted by Crippen LogP contribution is -2.36. The molecule has 0 radical (unpaired) electrons. The molecule has 1 aromatic rings. The molecule has 0 saturated heterocycles. The van der Waals surface area contributed by atoms with Crippen LogP contribution in [-0.2, 0) is 6.42 Å². The Balaban J connectivity index is 2.16. The van der Waals surface area contributed by atoms with Gasteiger partial charge in [-0.2, -0.15) is 0 Å². The van der Waals surface area contributed by atoms with Gasteiger partial charge in [0.2, 0.25) is 0 Å². The van der Waals surface area contributed by atoms with Crippen molar-refractivity contribution in [2.75, 3.05) is 13.6 Å². The van der Waals surface area contributed by atoms with Gasteiger partial charge in [-0.15, -0.1) is 0 Å². The van der Waals surface area contributed by atoms with Crippen LogP contribution in [0.1, 0.15) is 38.7 Å². The molecular formula is C17H25Cl2N.